The van der Waals surface area contributed by atoms with Gasteiger partial charge in [0.25, 0.3) is 0 Å². The fraction of sp³-hybridized carbons (Fsp3) is 1.00. The Balaban J connectivity index is 2.93. The van der Waals surface area contributed by atoms with Crippen LogP contribution in [0, 0.1) is 0 Å². The highest BCUT2D eigenvalue weighted by molar-refractivity contribution is 7.79. The van der Waals surface area contributed by atoms with Crippen molar-refractivity contribution in [3.8, 4) is 0 Å². The topological polar surface area (TPSA) is 9.23 Å². The highest BCUT2D eigenvalue weighted by atomic mass is 29.9. The molecule has 0 N–H and O–H groups in total. The molecule has 0 aromatic carbocycles. The highest BCUT2D eigenvalue weighted by Gasteiger charge is 2.51. The smallest absolute Gasteiger partial charge is 0.153 e. The molecule has 13 heavy (non-hydrogen) atoms. The predicted molar refractivity (Wildman–Crippen MR) is 75.1 cm³/mol. The fourth-order valence-corrected chi connectivity index (χ4v) is 113. The summed E-state index contributed by atoms with van der Waals surface area (Å²) in [5.41, 5.74) is 0. The molecule has 0 spiro atoms. The molecule has 1 heterocycles. The predicted octanol–water partition coefficient (Wildman–Crippen LogP) is 1.31. The van der Waals surface area contributed by atoms with Crippen LogP contribution >= 0.6 is 0 Å². The molecule has 0 aliphatic carbocycles. The zero-order valence-corrected chi connectivity index (χ0v) is 15.6. The van der Waals surface area contributed by atoms with Gasteiger partial charge in [-0.3, -0.25) is 0 Å². The standard InChI is InChI=1S/C7H24OSi5/c1-9-10(2)12(4,5)8-13(6,7)11(9)3/h9-11H,1-7H3. The Labute approximate surface area is 89.1 Å². The van der Waals surface area contributed by atoms with Crippen LogP contribution in [0.1, 0.15) is 0 Å². The van der Waals surface area contributed by atoms with Gasteiger partial charge < -0.3 is 4.12 Å². The SMILES string of the molecule is C[SiH]1[SiH](C)[Si](C)(C)O[Si](C)(C)[SiH]1C. The third-order valence-corrected chi connectivity index (χ3v) is 82.0. The van der Waals surface area contributed by atoms with E-state index in [2.05, 4.69) is 45.8 Å². The highest BCUT2D eigenvalue weighted by Crippen LogP contribution is 2.27. The van der Waals surface area contributed by atoms with E-state index in [0.29, 0.717) is 0 Å². The van der Waals surface area contributed by atoms with Crippen LogP contribution < -0.4 is 0 Å². The van der Waals surface area contributed by atoms with Gasteiger partial charge in [0, 0.05) is 23.5 Å². The minimum Gasteiger partial charge on any atom is -0.461 e. The monoisotopic (exact) mass is 264 g/mol. The van der Waals surface area contributed by atoms with Crippen molar-refractivity contribution in [2.45, 2.75) is 45.8 Å². The molecule has 1 rings (SSSR count). The Morgan fingerprint density at radius 2 is 1.08 bits per heavy atom. The maximum absolute atomic E-state index is 6.59. The van der Waals surface area contributed by atoms with Gasteiger partial charge in [-0.1, -0.05) is 19.6 Å². The molecular weight excluding hydrogens is 241 g/mol. The molecular formula is C7H24OSi5. The number of hydrogen-bond acceptors (Lipinski definition) is 1. The Morgan fingerprint density at radius 1 is 0.769 bits per heavy atom. The average molecular weight is 265 g/mol. The van der Waals surface area contributed by atoms with E-state index in [-0.39, 0.29) is 23.5 Å². The van der Waals surface area contributed by atoms with Gasteiger partial charge >= 0.3 is 0 Å². The molecule has 1 aliphatic rings. The second-order valence-electron chi connectivity index (χ2n) is 5.75. The molecule has 0 aromatic rings. The van der Waals surface area contributed by atoms with Gasteiger partial charge in [-0.05, 0) is 26.2 Å². The molecule has 0 aromatic heterocycles. The second-order valence-corrected chi connectivity index (χ2v) is 50.3. The summed E-state index contributed by atoms with van der Waals surface area (Å²) in [5.74, 6) is 0. The van der Waals surface area contributed by atoms with Crippen molar-refractivity contribution in [2.24, 2.45) is 0 Å². The lowest BCUT2D eigenvalue weighted by Crippen LogP contribution is -2.75. The van der Waals surface area contributed by atoms with Crippen LogP contribution in [-0.2, 0) is 4.12 Å². The summed E-state index contributed by atoms with van der Waals surface area (Å²) in [4.78, 5) is 0. The summed E-state index contributed by atoms with van der Waals surface area (Å²) in [5, 5.41) is 0. The quantitative estimate of drug-likeness (QED) is 0.600. The van der Waals surface area contributed by atoms with Gasteiger partial charge in [0.1, 0.15) is 0 Å². The van der Waals surface area contributed by atoms with Crippen molar-refractivity contribution in [1.82, 2.24) is 0 Å². The number of rotatable bonds is 0. The van der Waals surface area contributed by atoms with Crippen LogP contribution in [0.3, 0.4) is 0 Å². The van der Waals surface area contributed by atoms with Crippen LogP contribution in [0.2, 0.25) is 45.8 Å². The van der Waals surface area contributed by atoms with Gasteiger partial charge in [0.05, 0.1) is 0 Å². The first-order chi connectivity index (χ1) is 5.68. The maximum atomic E-state index is 6.59. The van der Waals surface area contributed by atoms with E-state index < -0.39 is 15.7 Å². The van der Waals surface area contributed by atoms with Gasteiger partial charge in [-0.15, -0.1) is 0 Å². The van der Waals surface area contributed by atoms with Crippen molar-refractivity contribution in [2.75, 3.05) is 0 Å². The van der Waals surface area contributed by atoms with Crippen LogP contribution in [0.5, 0.6) is 0 Å². The molecule has 0 amide bonds. The molecule has 6 heteroatoms. The Morgan fingerprint density at radius 3 is 1.38 bits per heavy atom. The summed E-state index contributed by atoms with van der Waals surface area (Å²) in [6.07, 6.45) is 0. The first-order valence-corrected chi connectivity index (χ1v) is 23.6. The van der Waals surface area contributed by atoms with Crippen LogP contribution in [-0.4, -0.2) is 39.2 Å². The normalized spacial score (nSPS) is 43.2. The Kier molecular flexibility index (Phi) is 3.32. The van der Waals surface area contributed by atoms with Crippen LogP contribution in [0.15, 0.2) is 0 Å². The molecule has 1 nitrogen and oxygen atoms in total. The van der Waals surface area contributed by atoms with E-state index in [1.807, 2.05) is 0 Å². The van der Waals surface area contributed by atoms with Crippen molar-refractivity contribution < 1.29 is 4.12 Å². The minimum atomic E-state index is -1.14. The summed E-state index contributed by atoms with van der Waals surface area (Å²) in [6, 6.07) is 0. The first kappa shape index (κ1) is 12.1. The lowest BCUT2D eigenvalue weighted by molar-refractivity contribution is 0.584. The maximum Gasteiger partial charge on any atom is 0.153 e. The van der Waals surface area contributed by atoms with E-state index >= 15 is 0 Å². The van der Waals surface area contributed by atoms with E-state index in [1.165, 1.54) is 0 Å². The summed E-state index contributed by atoms with van der Waals surface area (Å²) < 4.78 is 6.59. The molecule has 0 radical (unpaired) electrons. The van der Waals surface area contributed by atoms with Crippen molar-refractivity contribution in [3.63, 3.8) is 0 Å². The molecule has 0 bridgehead atoms. The van der Waals surface area contributed by atoms with Crippen LogP contribution in [0.25, 0.3) is 0 Å². The Hall–Kier alpha value is 1.04. The lowest BCUT2D eigenvalue weighted by atomic mass is 11.9. The van der Waals surface area contributed by atoms with Crippen LogP contribution in [0.4, 0.5) is 0 Å². The van der Waals surface area contributed by atoms with E-state index in [0.717, 1.165) is 0 Å². The lowest BCUT2D eigenvalue weighted by Gasteiger charge is -2.49. The van der Waals surface area contributed by atoms with Gasteiger partial charge in [0.2, 0.25) is 0 Å². The number of hydrogen-bond donors (Lipinski definition) is 0. The molecule has 1 aliphatic heterocycles. The minimum absolute atomic E-state index is 0.257. The van der Waals surface area contributed by atoms with Gasteiger partial charge in [-0.2, -0.15) is 0 Å². The summed E-state index contributed by atoms with van der Waals surface area (Å²) in [7, 11) is -3.30. The molecule has 2 atom stereocenters. The molecule has 1 saturated heterocycles. The zero-order valence-electron chi connectivity index (χ0n) is 10.1. The summed E-state index contributed by atoms with van der Waals surface area (Å²) >= 11 is 0. The van der Waals surface area contributed by atoms with Crippen molar-refractivity contribution in [3.05, 3.63) is 0 Å². The first-order valence-electron chi connectivity index (χ1n) is 5.38. The molecule has 0 saturated carbocycles. The van der Waals surface area contributed by atoms with Crippen molar-refractivity contribution in [1.29, 1.82) is 0 Å². The van der Waals surface area contributed by atoms with E-state index in [4.69, 9.17) is 4.12 Å². The fourth-order valence-electron chi connectivity index (χ4n) is 2.56. The van der Waals surface area contributed by atoms with Gasteiger partial charge in [0.15, 0.2) is 15.7 Å². The Bertz CT molecular complexity index is 185. The largest absolute Gasteiger partial charge is 0.461 e. The van der Waals surface area contributed by atoms with Crippen molar-refractivity contribution >= 4 is 39.2 Å². The molecule has 1 fully saturated rings. The van der Waals surface area contributed by atoms with E-state index in [1.54, 1.807) is 0 Å². The van der Waals surface area contributed by atoms with E-state index in [9.17, 15) is 0 Å². The van der Waals surface area contributed by atoms with Gasteiger partial charge in [-0.25, -0.2) is 0 Å². The molecule has 2 unspecified atom stereocenters. The molecule has 78 valence electrons. The third-order valence-electron chi connectivity index (χ3n) is 4.30. The zero-order chi connectivity index (χ0) is 10.4. The second kappa shape index (κ2) is 3.56. The third kappa shape index (κ3) is 2.18. The average Bonchev–Trinajstić information content (AvgIpc) is 1.96. The summed E-state index contributed by atoms with van der Waals surface area (Å²) in [6.45, 7) is 17.9.